The van der Waals surface area contributed by atoms with Gasteiger partial charge in [-0.3, -0.25) is 9.69 Å². The lowest BCUT2D eigenvalue weighted by Gasteiger charge is -2.19. The van der Waals surface area contributed by atoms with Crippen LogP contribution in [0.3, 0.4) is 0 Å². The van der Waals surface area contributed by atoms with Crippen molar-refractivity contribution in [3.63, 3.8) is 0 Å². The fourth-order valence-corrected chi connectivity index (χ4v) is 3.53. The molecule has 2 aromatic rings. The average Bonchev–Trinajstić information content (AvgIpc) is 2.98. The molecule has 0 saturated carbocycles. The molecule has 0 aliphatic carbocycles. The first-order valence-electron chi connectivity index (χ1n) is 8.08. The number of anilines is 1. The molecule has 1 N–H and O–H groups in total. The molecule has 134 valence electrons. The minimum atomic E-state index is 0.00110. The second-order valence-corrected chi connectivity index (χ2v) is 7.80. The van der Waals surface area contributed by atoms with Crippen molar-refractivity contribution < 1.29 is 4.79 Å². The van der Waals surface area contributed by atoms with Gasteiger partial charge < -0.3 is 10.2 Å². The molecular weight excluding hydrogens is 354 g/mol. The number of rotatable bonds is 9. The molecule has 6 heteroatoms. The summed E-state index contributed by atoms with van der Waals surface area (Å²) < 4.78 is 0.763. The average molecular weight is 378 g/mol. The third kappa shape index (κ3) is 6.53. The number of nitrogens with zero attached hydrogens (tertiary/aromatic N) is 2. The molecule has 1 amide bonds. The molecule has 25 heavy (non-hydrogen) atoms. The van der Waals surface area contributed by atoms with Crippen molar-refractivity contribution >= 4 is 34.5 Å². The molecule has 1 aromatic carbocycles. The topological polar surface area (TPSA) is 35.6 Å². The highest BCUT2D eigenvalue weighted by atomic mass is 35.5. The largest absolute Gasteiger partial charge is 0.378 e. The molecular formula is C19H24ClN3OS. The normalized spacial score (nSPS) is 10.7. The summed E-state index contributed by atoms with van der Waals surface area (Å²) in [5, 5.41) is 2.98. The number of halogens is 1. The Labute approximate surface area is 158 Å². The molecule has 4 nitrogen and oxygen atoms in total. The van der Waals surface area contributed by atoms with Gasteiger partial charge in [0.05, 0.1) is 10.9 Å². The van der Waals surface area contributed by atoms with E-state index in [1.54, 1.807) is 0 Å². The Morgan fingerprint density at radius 3 is 2.52 bits per heavy atom. The smallest absolute Gasteiger partial charge is 0.234 e. The summed E-state index contributed by atoms with van der Waals surface area (Å²) >= 11 is 7.51. The van der Waals surface area contributed by atoms with Gasteiger partial charge in [0.15, 0.2) is 0 Å². The second-order valence-electron chi connectivity index (χ2n) is 6.00. The minimum absolute atomic E-state index is 0.00110. The van der Waals surface area contributed by atoms with E-state index >= 15 is 0 Å². The molecule has 0 aliphatic rings. The van der Waals surface area contributed by atoms with Crippen molar-refractivity contribution in [3.8, 4) is 0 Å². The van der Waals surface area contributed by atoms with Gasteiger partial charge in [-0.1, -0.05) is 29.8 Å². The van der Waals surface area contributed by atoms with E-state index in [0.29, 0.717) is 26.2 Å². The van der Waals surface area contributed by atoms with Crippen LogP contribution >= 0.6 is 22.9 Å². The van der Waals surface area contributed by atoms with Crippen LogP contribution in [0.15, 0.2) is 49.1 Å². The summed E-state index contributed by atoms with van der Waals surface area (Å²) in [6.07, 6.45) is 1.81. The van der Waals surface area contributed by atoms with E-state index < -0.39 is 0 Å². The van der Waals surface area contributed by atoms with Crippen LogP contribution in [-0.4, -0.2) is 38.0 Å². The van der Waals surface area contributed by atoms with Crippen LogP contribution in [0, 0.1) is 0 Å². The molecule has 0 atom stereocenters. The molecule has 0 radical (unpaired) electrons. The van der Waals surface area contributed by atoms with Gasteiger partial charge in [0.1, 0.15) is 0 Å². The molecule has 1 aromatic heterocycles. The maximum Gasteiger partial charge on any atom is 0.234 e. The lowest BCUT2D eigenvalue weighted by molar-refractivity contribution is -0.122. The van der Waals surface area contributed by atoms with Gasteiger partial charge in [-0.05, 0) is 29.8 Å². The molecule has 0 aliphatic heterocycles. The van der Waals surface area contributed by atoms with E-state index in [1.165, 1.54) is 11.3 Å². The molecule has 2 rings (SSSR count). The third-order valence-corrected chi connectivity index (χ3v) is 4.92. The predicted molar refractivity (Wildman–Crippen MR) is 107 cm³/mol. The van der Waals surface area contributed by atoms with E-state index in [4.69, 9.17) is 11.6 Å². The van der Waals surface area contributed by atoms with E-state index in [0.717, 1.165) is 20.5 Å². The van der Waals surface area contributed by atoms with Gasteiger partial charge >= 0.3 is 0 Å². The lowest BCUT2D eigenvalue weighted by Crippen LogP contribution is -2.36. The van der Waals surface area contributed by atoms with Crippen LogP contribution in [0.5, 0.6) is 0 Å². The first-order chi connectivity index (χ1) is 12.0. The summed E-state index contributed by atoms with van der Waals surface area (Å²) in [7, 11) is 4.01. The highest BCUT2D eigenvalue weighted by Crippen LogP contribution is 2.22. The summed E-state index contributed by atoms with van der Waals surface area (Å²) in [4.78, 5) is 17.5. The van der Waals surface area contributed by atoms with Crippen LogP contribution in [0.4, 0.5) is 5.69 Å². The van der Waals surface area contributed by atoms with Crippen LogP contribution < -0.4 is 10.2 Å². The van der Waals surface area contributed by atoms with Crippen LogP contribution in [-0.2, 0) is 17.9 Å². The molecule has 0 fully saturated rings. The van der Waals surface area contributed by atoms with E-state index in [9.17, 15) is 4.79 Å². The van der Waals surface area contributed by atoms with E-state index in [1.807, 2.05) is 66.4 Å². The van der Waals surface area contributed by atoms with Gasteiger partial charge in [0.25, 0.3) is 0 Å². The fraction of sp³-hybridized carbons (Fsp3) is 0.316. The Hall–Kier alpha value is -1.82. The Balaban J connectivity index is 1.84. The number of thiophene rings is 1. The lowest BCUT2D eigenvalue weighted by atomic mass is 10.2. The maximum absolute atomic E-state index is 12.3. The van der Waals surface area contributed by atoms with Crippen LogP contribution in [0.25, 0.3) is 0 Å². The monoisotopic (exact) mass is 377 g/mol. The summed E-state index contributed by atoms with van der Waals surface area (Å²) in [5.41, 5.74) is 2.22. The first kappa shape index (κ1) is 19.5. The fourth-order valence-electron chi connectivity index (χ4n) is 2.40. The second kappa shape index (κ2) is 9.61. The summed E-state index contributed by atoms with van der Waals surface area (Å²) in [5.74, 6) is 0.00110. The Bertz CT molecular complexity index is 697. The number of carbonyl (C=O) groups is 1. The van der Waals surface area contributed by atoms with Crippen molar-refractivity contribution in [1.82, 2.24) is 10.2 Å². The van der Waals surface area contributed by atoms with Gasteiger partial charge in [0.2, 0.25) is 5.91 Å². The Kier molecular flexibility index (Phi) is 7.50. The zero-order chi connectivity index (χ0) is 18.2. The number of benzene rings is 1. The van der Waals surface area contributed by atoms with Gasteiger partial charge in [0, 0.05) is 44.3 Å². The zero-order valence-corrected chi connectivity index (χ0v) is 16.2. The molecule has 0 saturated heterocycles. The van der Waals surface area contributed by atoms with Gasteiger partial charge in [-0.2, -0.15) is 0 Å². The Morgan fingerprint density at radius 1 is 1.24 bits per heavy atom. The number of hydrogen-bond donors (Lipinski definition) is 1. The van der Waals surface area contributed by atoms with Crippen molar-refractivity contribution in [2.45, 2.75) is 13.1 Å². The quantitative estimate of drug-likeness (QED) is 0.675. The van der Waals surface area contributed by atoms with Gasteiger partial charge in [-0.15, -0.1) is 17.9 Å². The SMILES string of the molecule is C=CCN(CC(=O)NCc1ccc(N(C)C)cc1)Cc1ccc(Cl)s1. The van der Waals surface area contributed by atoms with Crippen LogP contribution in [0.2, 0.25) is 4.34 Å². The molecule has 0 spiro atoms. The van der Waals surface area contributed by atoms with Crippen molar-refractivity contribution in [1.29, 1.82) is 0 Å². The van der Waals surface area contributed by atoms with Crippen LogP contribution in [0.1, 0.15) is 10.4 Å². The molecule has 0 unspecified atom stereocenters. The van der Waals surface area contributed by atoms with E-state index in [-0.39, 0.29) is 5.91 Å². The minimum Gasteiger partial charge on any atom is -0.378 e. The Morgan fingerprint density at radius 2 is 1.96 bits per heavy atom. The van der Waals surface area contributed by atoms with Crippen molar-refractivity contribution in [2.75, 3.05) is 32.1 Å². The first-order valence-corrected chi connectivity index (χ1v) is 9.28. The number of amides is 1. The highest BCUT2D eigenvalue weighted by molar-refractivity contribution is 7.16. The summed E-state index contributed by atoms with van der Waals surface area (Å²) in [6, 6.07) is 12.0. The van der Waals surface area contributed by atoms with Crippen molar-refractivity contribution in [2.24, 2.45) is 0 Å². The maximum atomic E-state index is 12.3. The number of nitrogens with one attached hydrogen (secondary N) is 1. The standard InChI is InChI=1S/C19H24ClN3OS/c1-4-11-23(13-17-9-10-18(20)25-17)14-19(24)21-12-15-5-7-16(8-6-15)22(2)3/h4-10H,1,11-14H2,2-3H3,(H,21,24). The predicted octanol–water partition coefficient (Wildman–Crippen LogP) is 3.77. The summed E-state index contributed by atoms with van der Waals surface area (Å²) in [6.45, 7) is 5.97. The van der Waals surface area contributed by atoms with Crippen molar-refractivity contribution in [3.05, 3.63) is 63.8 Å². The zero-order valence-electron chi connectivity index (χ0n) is 14.7. The van der Waals surface area contributed by atoms with E-state index in [2.05, 4.69) is 11.9 Å². The number of hydrogen-bond acceptors (Lipinski definition) is 4. The highest BCUT2D eigenvalue weighted by Gasteiger charge is 2.11. The third-order valence-electron chi connectivity index (χ3n) is 3.71. The molecule has 0 bridgehead atoms. The van der Waals surface area contributed by atoms with Gasteiger partial charge in [-0.25, -0.2) is 0 Å². The number of carbonyl (C=O) groups excluding carboxylic acids is 1. The molecule has 1 heterocycles.